The summed E-state index contributed by atoms with van der Waals surface area (Å²) in [6.45, 7) is 21.0. The summed E-state index contributed by atoms with van der Waals surface area (Å²) in [5.41, 5.74) is 6.82. The van der Waals surface area contributed by atoms with E-state index in [0.717, 1.165) is 57.4 Å². The molecule has 0 aromatic carbocycles. The van der Waals surface area contributed by atoms with E-state index in [2.05, 4.69) is 103 Å². The van der Waals surface area contributed by atoms with Gasteiger partial charge in [0.2, 0.25) is 0 Å². The molecule has 8 heterocycles. The van der Waals surface area contributed by atoms with Gasteiger partial charge >= 0.3 is 0 Å². The van der Waals surface area contributed by atoms with Gasteiger partial charge in [0, 0.05) is 56.6 Å². The van der Waals surface area contributed by atoms with Crippen molar-refractivity contribution in [1.29, 1.82) is 0 Å². The van der Waals surface area contributed by atoms with Gasteiger partial charge in [0.05, 0.1) is 0 Å². The second-order valence-electron chi connectivity index (χ2n) is 16.9. The molecule has 3 N–H and O–H groups in total. The molecule has 0 atom stereocenters. The summed E-state index contributed by atoms with van der Waals surface area (Å²) in [6, 6.07) is 15.1. The number of carbonyl (C=O) groups excluding carboxylic acids is 3. The molecule has 0 fully saturated rings. The zero-order chi connectivity index (χ0) is 45.0. The average molecular weight is 892 g/mol. The Kier molecular flexibility index (Phi) is 17.4. The maximum absolute atomic E-state index is 12.9. The van der Waals surface area contributed by atoms with Gasteiger partial charge in [-0.15, -0.1) is 32.8 Å². The number of hydrogen-bond donors (Lipinski definition) is 3. The second-order valence-corrected chi connectivity index (χ2v) is 16.9. The molecule has 2 amide bonds. The molecular formula is C46H59ClN14O3. The number of fused-ring (bicyclic) bond motifs is 2. The van der Waals surface area contributed by atoms with Crippen LogP contribution in [0.5, 0.6) is 0 Å². The average Bonchev–Trinajstić information content (AvgIpc) is 3.98. The third-order valence-corrected chi connectivity index (χ3v) is 10.2. The van der Waals surface area contributed by atoms with E-state index >= 15 is 0 Å². The quantitative estimate of drug-likeness (QED) is 0.112. The van der Waals surface area contributed by atoms with Gasteiger partial charge in [-0.25, -0.2) is 9.97 Å². The van der Waals surface area contributed by atoms with Crippen molar-refractivity contribution in [2.45, 2.75) is 93.4 Å². The molecule has 6 aromatic rings. The Morgan fingerprint density at radius 1 is 0.719 bits per heavy atom. The number of nitrogens with one attached hydrogen (secondary N) is 3. The molecule has 8 rings (SSSR count). The third kappa shape index (κ3) is 12.9. The van der Waals surface area contributed by atoms with Crippen molar-refractivity contribution in [2.24, 2.45) is 11.8 Å². The molecule has 2 aliphatic heterocycles. The maximum Gasteiger partial charge on any atom is 0.275 e. The fourth-order valence-corrected chi connectivity index (χ4v) is 7.00. The van der Waals surface area contributed by atoms with E-state index in [1.807, 2.05) is 65.6 Å². The Balaban J connectivity index is 0.000000216. The van der Waals surface area contributed by atoms with Gasteiger partial charge in [0.25, 0.3) is 11.8 Å². The number of amides is 2. The maximum atomic E-state index is 12.9. The number of anilines is 2. The Morgan fingerprint density at radius 3 is 1.70 bits per heavy atom. The predicted molar refractivity (Wildman–Crippen MR) is 249 cm³/mol. The zero-order valence-corrected chi connectivity index (χ0v) is 38.6. The molecule has 0 radical (unpaired) electrons. The molecule has 17 nitrogen and oxygen atoms in total. The number of carbonyl (C=O) groups is 3. The van der Waals surface area contributed by atoms with Crippen LogP contribution in [-0.4, -0.2) is 92.1 Å². The Labute approximate surface area is 380 Å². The first-order valence-electron chi connectivity index (χ1n) is 21.5. The Morgan fingerprint density at radius 2 is 1.22 bits per heavy atom. The number of hydrogen-bond acceptors (Lipinski definition) is 13. The van der Waals surface area contributed by atoms with Gasteiger partial charge in [-0.1, -0.05) is 39.8 Å². The molecule has 18 heteroatoms. The summed E-state index contributed by atoms with van der Waals surface area (Å²) in [5, 5.41) is 25.3. The van der Waals surface area contributed by atoms with Gasteiger partial charge < -0.3 is 29.9 Å². The van der Waals surface area contributed by atoms with E-state index in [0.29, 0.717) is 52.0 Å². The molecule has 0 saturated carbocycles. The summed E-state index contributed by atoms with van der Waals surface area (Å²) in [6.07, 6.45) is 9.82. The SMILES string of the molecule is CC(C)C=O.CC(C)CN1CCc2cnc(C(=O)Nc3cccc(-c4nncn4C(C)C)n3)cc2C1.CC(C)n1cnnc1-c1cccc(NC(=O)c2cc3c(cn2)CCNC3)n1.Cl. The normalized spacial score (nSPS) is 13.2. The minimum Gasteiger partial charge on any atom is -0.312 e. The Hall–Kier alpha value is -6.30. The number of aldehydes is 1. The Bertz CT molecular complexity index is 2500. The number of halogens is 1. The lowest BCUT2D eigenvalue weighted by molar-refractivity contribution is -0.110. The lowest BCUT2D eigenvalue weighted by atomic mass is 10.00. The first kappa shape index (κ1) is 48.7. The highest BCUT2D eigenvalue weighted by Gasteiger charge is 2.21. The van der Waals surface area contributed by atoms with Gasteiger partial charge in [-0.2, -0.15) is 0 Å². The van der Waals surface area contributed by atoms with Crippen molar-refractivity contribution in [2.75, 3.05) is 30.3 Å². The van der Waals surface area contributed by atoms with Crippen molar-refractivity contribution in [3.63, 3.8) is 0 Å². The van der Waals surface area contributed by atoms with E-state index in [9.17, 15) is 14.4 Å². The van der Waals surface area contributed by atoms with Crippen LogP contribution in [0.3, 0.4) is 0 Å². The summed E-state index contributed by atoms with van der Waals surface area (Å²) >= 11 is 0. The first-order valence-corrected chi connectivity index (χ1v) is 21.5. The second kappa shape index (κ2) is 22.9. The summed E-state index contributed by atoms with van der Waals surface area (Å²) in [4.78, 5) is 55.2. The summed E-state index contributed by atoms with van der Waals surface area (Å²) in [5.74, 6) is 2.52. The lowest BCUT2D eigenvalue weighted by Crippen LogP contribution is -2.33. The van der Waals surface area contributed by atoms with Crippen molar-refractivity contribution in [3.8, 4) is 23.0 Å². The highest BCUT2D eigenvalue weighted by molar-refractivity contribution is 6.03. The van der Waals surface area contributed by atoms with E-state index < -0.39 is 0 Å². The zero-order valence-electron chi connectivity index (χ0n) is 37.8. The van der Waals surface area contributed by atoms with Crippen LogP contribution in [0.1, 0.15) is 111 Å². The van der Waals surface area contributed by atoms with Crippen LogP contribution in [0.4, 0.5) is 11.6 Å². The number of pyridine rings is 4. The molecule has 338 valence electrons. The van der Waals surface area contributed by atoms with Gasteiger partial charge in [0.1, 0.15) is 53.4 Å². The number of nitrogens with zero attached hydrogens (tertiary/aromatic N) is 11. The monoisotopic (exact) mass is 890 g/mol. The van der Waals surface area contributed by atoms with Gasteiger partial charge in [-0.05, 0) is 112 Å². The molecule has 0 unspecified atom stereocenters. The van der Waals surface area contributed by atoms with Gasteiger partial charge in [0.15, 0.2) is 11.6 Å². The smallest absolute Gasteiger partial charge is 0.275 e. The summed E-state index contributed by atoms with van der Waals surface area (Å²) in [7, 11) is 0. The molecule has 0 saturated heterocycles. The van der Waals surface area contributed by atoms with Crippen LogP contribution in [-0.2, 0) is 30.7 Å². The van der Waals surface area contributed by atoms with Crippen LogP contribution in [0.15, 0.2) is 73.6 Å². The lowest BCUT2D eigenvalue weighted by Gasteiger charge is -2.30. The van der Waals surface area contributed by atoms with Crippen LogP contribution < -0.4 is 16.0 Å². The first-order chi connectivity index (χ1) is 30.3. The fraction of sp³-hybridized carbons (Fsp3) is 0.413. The predicted octanol–water partition coefficient (Wildman–Crippen LogP) is 7.06. The van der Waals surface area contributed by atoms with Crippen molar-refractivity contribution >= 4 is 42.1 Å². The van der Waals surface area contributed by atoms with E-state index in [-0.39, 0.29) is 42.2 Å². The number of aromatic nitrogens is 10. The third-order valence-electron chi connectivity index (χ3n) is 10.2. The molecule has 0 aliphatic carbocycles. The highest BCUT2D eigenvalue weighted by atomic mass is 35.5. The van der Waals surface area contributed by atoms with Crippen molar-refractivity contribution < 1.29 is 14.4 Å². The van der Waals surface area contributed by atoms with Crippen LogP contribution in [0.25, 0.3) is 23.0 Å². The molecule has 2 aliphatic rings. The van der Waals surface area contributed by atoms with E-state index in [1.54, 1.807) is 31.0 Å². The molecule has 6 aromatic heterocycles. The fourth-order valence-electron chi connectivity index (χ4n) is 7.00. The summed E-state index contributed by atoms with van der Waals surface area (Å²) < 4.78 is 3.88. The topological polar surface area (TPSA) is 204 Å². The largest absolute Gasteiger partial charge is 0.312 e. The van der Waals surface area contributed by atoms with Crippen LogP contribution in [0.2, 0.25) is 0 Å². The van der Waals surface area contributed by atoms with Crippen LogP contribution in [0, 0.1) is 11.8 Å². The minimum absolute atomic E-state index is 0. The van der Waals surface area contributed by atoms with Gasteiger partial charge in [-0.3, -0.25) is 24.5 Å². The molecule has 0 spiro atoms. The molecule has 64 heavy (non-hydrogen) atoms. The van der Waals surface area contributed by atoms with E-state index in [1.165, 1.54) is 16.7 Å². The van der Waals surface area contributed by atoms with Crippen molar-refractivity contribution in [1.82, 2.24) is 59.7 Å². The number of rotatable bonds is 11. The molecule has 0 bridgehead atoms. The van der Waals surface area contributed by atoms with E-state index in [4.69, 9.17) is 0 Å². The van der Waals surface area contributed by atoms with Crippen molar-refractivity contribution in [3.05, 3.63) is 107 Å². The standard InChI is InChI=1S/C23H29N7O.C19H21N7O.C4H8O.ClH/c1-15(2)12-29-9-8-17-11-24-20(10-18(17)13-29)23(31)27-21-7-5-6-19(26-21)22-28-25-14-30(22)16(3)4;1-12(2)26-11-22-25-18(26)15-4-3-5-17(23-15)24-19(27)16-8-14-9-20-7-6-13(14)10-21-16;1-4(2)3-5;/h5-7,10-11,14-16H,8-9,12-13H2,1-4H3,(H,26,27,31);3-5,8,10-12,20H,6-7,9H2,1-2H3,(H,23,24,27);3-4H,1-2H3;1H. The highest BCUT2D eigenvalue weighted by Crippen LogP contribution is 2.24. The van der Waals surface area contributed by atoms with Crippen LogP contribution >= 0.6 is 12.4 Å². The minimum atomic E-state index is -0.279. The molecular weight excluding hydrogens is 832 g/mol.